The fraction of sp³-hybridized carbons (Fsp3) is 0.471. The molecule has 0 bridgehead atoms. The minimum atomic E-state index is 0.369. The first-order chi connectivity index (χ1) is 10.7. The van der Waals surface area contributed by atoms with Gasteiger partial charge in [0.05, 0.1) is 0 Å². The summed E-state index contributed by atoms with van der Waals surface area (Å²) in [4.78, 5) is 2.32. The molecule has 2 rings (SSSR count). The maximum Gasteiger partial charge on any atom is 0.161 e. The molecule has 0 spiro atoms. The van der Waals surface area contributed by atoms with Crippen molar-refractivity contribution in [2.45, 2.75) is 27.4 Å². The van der Waals surface area contributed by atoms with Gasteiger partial charge < -0.3 is 18.9 Å². The lowest BCUT2D eigenvalue weighted by molar-refractivity contribution is 0.210. The van der Waals surface area contributed by atoms with Crippen molar-refractivity contribution in [1.29, 1.82) is 0 Å². The molecule has 0 saturated carbocycles. The molecule has 0 aliphatic heterocycles. The van der Waals surface area contributed by atoms with E-state index in [4.69, 9.17) is 14.0 Å². The second kappa shape index (κ2) is 8.44. The van der Waals surface area contributed by atoms with Crippen molar-refractivity contribution in [3.8, 4) is 11.5 Å². The fourth-order valence-corrected chi connectivity index (χ4v) is 2.15. The molecule has 1 aromatic carbocycles. The molecular weight excluding hydrogens is 280 g/mol. The van der Waals surface area contributed by atoms with Gasteiger partial charge in [-0.3, -0.25) is 0 Å². The zero-order valence-electron chi connectivity index (χ0n) is 13.5. The van der Waals surface area contributed by atoms with Crippen LogP contribution in [0.4, 0.5) is 0 Å². The van der Waals surface area contributed by atoms with Gasteiger partial charge in [0.25, 0.3) is 0 Å². The number of hydrogen-bond donors (Lipinski definition) is 0. The zero-order chi connectivity index (χ0) is 15.8. The first-order valence-corrected chi connectivity index (χ1v) is 7.72. The number of rotatable bonds is 9. The standard InChI is InChI=1S/C17H24N2O3/c1-4-19(5-2)10-11-20-16-8-6-7-9-17(16)21-13-15-12-14(3)22-18-15/h6-9,12H,4-5,10-11,13H2,1-3H3. The summed E-state index contributed by atoms with van der Waals surface area (Å²) in [6.07, 6.45) is 0. The van der Waals surface area contributed by atoms with Crippen LogP contribution in [0.1, 0.15) is 25.3 Å². The van der Waals surface area contributed by atoms with Gasteiger partial charge in [-0.1, -0.05) is 31.1 Å². The zero-order valence-corrected chi connectivity index (χ0v) is 13.5. The molecule has 0 unspecified atom stereocenters. The lowest BCUT2D eigenvalue weighted by atomic mass is 10.3. The molecule has 1 aromatic heterocycles. The van der Waals surface area contributed by atoms with Crippen LogP contribution in [-0.2, 0) is 6.61 Å². The second-order valence-corrected chi connectivity index (χ2v) is 5.04. The van der Waals surface area contributed by atoms with Crippen molar-refractivity contribution in [2.24, 2.45) is 0 Å². The molecule has 0 aliphatic carbocycles. The third kappa shape index (κ3) is 4.77. The highest BCUT2D eigenvalue weighted by atomic mass is 16.5. The Labute approximate surface area is 131 Å². The molecule has 1 heterocycles. The summed E-state index contributed by atoms with van der Waals surface area (Å²) in [5.41, 5.74) is 0.774. The molecule has 0 aliphatic rings. The van der Waals surface area contributed by atoms with E-state index < -0.39 is 0 Å². The molecule has 0 atom stereocenters. The molecule has 0 saturated heterocycles. The number of benzene rings is 1. The quantitative estimate of drug-likeness (QED) is 0.711. The molecule has 2 aromatic rings. The molecular formula is C17H24N2O3. The maximum absolute atomic E-state index is 5.85. The summed E-state index contributed by atoms with van der Waals surface area (Å²) in [7, 11) is 0. The number of hydrogen-bond acceptors (Lipinski definition) is 5. The molecule has 5 heteroatoms. The van der Waals surface area contributed by atoms with Crippen LogP contribution in [0.5, 0.6) is 11.5 Å². The lowest BCUT2D eigenvalue weighted by Crippen LogP contribution is -2.27. The summed E-state index contributed by atoms with van der Waals surface area (Å²) in [5, 5.41) is 3.92. The van der Waals surface area contributed by atoms with Gasteiger partial charge in [-0.25, -0.2) is 0 Å². The number of para-hydroxylation sites is 2. The second-order valence-electron chi connectivity index (χ2n) is 5.04. The molecule has 0 amide bonds. The molecule has 0 fully saturated rings. The van der Waals surface area contributed by atoms with Crippen molar-refractivity contribution < 1.29 is 14.0 Å². The lowest BCUT2D eigenvalue weighted by Gasteiger charge is -2.18. The van der Waals surface area contributed by atoms with Crippen LogP contribution in [0, 0.1) is 6.92 Å². The average Bonchev–Trinajstić information content (AvgIpc) is 2.96. The highest BCUT2D eigenvalue weighted by Crippen LogP contribution is 2.27. The maximum atomic E-state index is 5.85. The summed E-state index contributed by atoms with van der Waals surface area (Å²) in [6.45, 7) is 10.2. The van der Waals surface area contributed by atoms with E-state index in [9.17, 15) is 0 Å². The Morgan fingerprint density at radius 1 is 1.09 bits per heavy atom. The predicted octanol–water partition coefficient (Wildman–Crippen LogP) is 3.28. The van der Waals surface area contributed by atoms with Crippen LogP contribution in [0.3, 0.4) is 0 Å². The number of likely N-dealkylation sites (N-methyl/N-ethyl adjacent to an activating group) is 1. The Bertz CT molecular complexity index is 565. The van der Waals surface area contributed by atoms with Gasteiger partial charge in [0.1, 0.15) is 24.7 Å². The van der Waals surface area contributed by atoms with Crippen molar-refractivity contribution in [3.63, 3.8) is 0 Å². The van der Waals surface area contributed by atoms with Gasteiger partial charge in [0, 0.05) is 12.6 Å². The van der Waals surface area contributed by atoms with E-state index in [2.05, 4.69) is 23.9 Å². The highest BCUT2D eigenvalue weighted by molar-refractivity contribution is 5.39. The summed E-state index contributed by atoms with van der Waals surface area (Å²) >= 11 is 0. The van der Waals surface area contributed by atoms with E-state index in [1.807, 2.05) is 37.3 Å². The molecule has 22 heavy (non-hydrogen) atoms. The Kier molecular flexibility index (Phi) is 6.27. The van der Waals surface area contributed by atoms with Gasteiger partial charge >= 0.3 is 0 Å². The molecule has 5 nitrogen and oxygen atoms in total. The van der Waals surface area contributed by atoms with E-state index in [1.54, 1.807) is 0 Å². The Morgan fingerprint density at radius 3 is 2.36 bits per heavy atom. The Balaban J connectivity index is 1.89. The van der Waals surface area contributed by atoms with Crippen LogP contribution in [-0.4, -0.2) is 36.3 Å². The van der Waals surface area contributed by atoms with Gasteiger partial charge in [0.15, 0.2) is 11.5 Å². The predicted molar refractivity (Wildman–Crippen MR) is 85.3 cm³/mol. The minimum absolute atomic E-state index is 0.369. The average molecular weight is 304 g/mol. The molecule has 0 N–H and O–H groups in total. The smallest absolute Gasteiger partial charge is 0.161 e. The Hall–Kier alpha value is -2.01. The van der Waals surface area contributed by atoms with Gasteiger partial charge in [0.2, 0.25) is 0 Å². The largest absolute Gasteiger partial charge is 0.488 e. The number of aryl methyl sites for hydroxylation is 1. The molecule has 0 radical (unpaired) electrons. The third-order valence-corrected chi connectivity index (χ3v) is 3.46. The van der Waals surface area contributed by atoms with Crippen molar-refractivity contribution in [3.05, 3.63) is 41.8 Å². The van der Waals surface area contributed by atoms with Gasteiger partial charge in [-0.15, -0.1) is 0 Å². The van der Waals surface area contributed by atoms with Crippen molar-refractivity contribution in [2.75, 3.05) is 26.2 Å². The van der Waals surface area contributed by atoms with E-state index in [-0.39, 0.29) is 0 Å². The molecule has 120 valence electrons. The summed E-state index contributed by atoms with van der Waals surface area (Å²) < 4.78 is 16.7. The van der Waals surface area contributed by atoms with Gasteiger partial charge in [-0.05, 0) is 32.1 Å². The fourth-order valence-electron chi connectivity index (χ4n) is 2.15. The summed E-state index contributed by atoms with van der Waals surface area (Å²) in [5.74, 6) is 2.26. The van der Waals surface area contributed by atoms with Crippen LogP contribution in [0.2, 0.25) is 0 Å². The highest BCUT2D eigenvalue weighted by Gasteiger charge is 2.07. The third-order valence-electron chi connectivity index (χ3n) is 3.46. The van der Waals surface area contributed by atoms with Crippen LogP contribution in [0.25, 0.3) is 0 Å². The monoisotopic (exact) mass is 304 g/mol. The number of aromatic nitrogens is 1. The number of ether oxygens (including phenoxy) is 2. The normalized spacial score (nSPS) is 10.9. The SMILES string of the molecule is CCN(CC)CCOc1ccccc1OCc1cc(C)on1. The van der Waals surface area contributed by atoms with Gasteiger partial charge in [-0.2, -0.15) is 0 Å². The number of nitrogens with zero attached hydrogens (tertiary/aromatic N) is 2. The topological polar surface area (TPSA) is 47.7 Å². The van der Waals surface area contributed by atoms with Crippen molar-refractivity contribution in [1.82, 2.24) is 10.1 Å². The van der Waals surface area contributed by atoms with Crippen LogP contribution < -0.4 is 9.47 Å². The van der Waals surface area contributed by atoms with E-state index in [1.165, 1.54) is 0 Å². The minimum Gasteiger partial charge on any atom is -0.488 e. The first-order valence-electron chi connectivity index (χ1n) is 7.72. The van der Waals surface area contributed by atoms with E-state index in [0.717, 1.165) is 42.6 Å². The first kappa shape index (κ1) is 16.4. The van der Waals surface area contributed by atoms with Crippen molar-refractivity contribution >= 4 is 0 Å². The summed E-state index contributed by atoms with van der Waals surface area (Å²) in [6, 6.07) is 9.57. The van der Waals surface area contributed by atoms with E-state index >= 15 is 0 Å². The van der Waals surface area contributed by atoms with Crippen LogP contribution >= 0.6 is 0 Å². The Morgan fingerprint density at radius 2 is 1.77 bits per heavy atom. The van der Waals surface area contributed by atoms with Crippen LogP contribution in [0.15, 0.2) is 34.9 Å². The van der Waals surface area contributed by atoms with E-state index in [0.29, 0.717) is 13.2 Å².